The van der Waals surface area contributed by atoms with Crippen LogP contribution in [-0.4, -0.2) is 54.5 Å². The number of aliphatic hydroxyl groups is 3. The Labute approximate surface area is 431 Å². The Bertz CT molecular complexity index is 2870. The molecule has 11 nitrogen and oxygen atoms in total. The molecule has 3 saturated carbocycles. The third-order valence-electron chi connectivity index (χ3n) is 19.7. The number of rotatable bonds is 11. The van der Waals surface area contributed by atoms with Crippen molar-refractivity contribution in [3.63, 3.8) is 0 Å². The number of allylic oxidation sites excluding steroid dienone is 1. The van der Waals surface area contributed by atoms with Gasteiger partial charge in [-0.2, -0.15) is 0 Å². The fourth-order valence-corrected chi connectivity index (χ4v) is 15.9. The molecule has 11 atom stereocenters. The van der Waals surface area contributed by atoms with Gasteiger partial charge in [0.15, 0.2) is 17.7 Å². The van der Waals surface area contributed by atoms with Gasteiger partial charge in [-0.05, 0) is 127 Å². The topological polar surface area (TPSA) is 175 Å². The largest absolute Gasteiger partial charge is 0.508 e. The number of aromatic amines is 1. The first-order valence-electron chi connectivity index (χ1n) is 28.4. The Balaban J connectivity index is 0.894. The summed E-state index contributed by atoms with van der Waals surface area (Å²) in [5.41, 5.74) is 13.4. The molecule has 3 fully saturated rings. The minimum absolute atomic E-state index is 0.0129. The quantitative estimate of drug-likeness (QED) is 0.0438. The second-order valence-electron chi connectivity index (χ2n) is 23.8. The number of nitrogens with two attached hydrogens (primary N) is 1. The molecule has 0 amide bonds. The van der Waals surface area contributed by atoms with Crippen molar-refractivity contribution in [1.82, 2.24) is 14.9 Å². The number of carbonyl (C=O) groups excluding carboxylic acids is 1. The number of carbonyl (C=O) groups is 1. The van der Waals surface area contributed by atoms with Crippen LogP contribution in [0.4, 0.5) is 0 Å². The van der Waals surface area contributed by atoms with Crippen LogP contribution < -0.4 is 20.5 Å². The summed E-state index contributed by atoms with van der Waals surface area (Å²) in [7, 11) is 0. The van der Waals surface area contributed by atoms with Crippen LogP contribution in [0.5, 0.6) is 17.2 Å². The van der Waals surface area contributed by atoms with Crippen molar-refractivity contribution in [3.8, 4) is 41.1 Å². The molecule has 73 heavy (non-hydrogen) atoms. The summed E-state index contributed by atoms with van der Waals surface area (Å²) in [6.07, 6.45) is 29.5. The van der Waals surface area contributed by atoms with E-state index < -0.39 is 47.7 Å². The number of aromatic hydroxyl groups is 1. The van der Waals surface area contributed by atoms with Gasteiger partial charge in [-0.1, -0.05) is 113 Å². The Morgan fingerprint density at radius 3 is 2.52 bits per heavy atom. The predicted octanol–water partition coefficient (Wildman–Crippen LogP) is 10.8. The number of unbranched alkanes of at least 4 members (excludes halogenated alkanes) is 2. The van der Waals surface area contributed by atoms with Crippen molar-refractivity contribution in [1.29, 1.82) is 0 Å². The van der Waals surface area contributed by atoms with Gasteiger partial charge in [0.25, 0.3) is 0 Å². The number of ether oxygens (including phenoxy) is 2. The Hall–Kier alpha value is -5.01. The van der Waals surface area contributed by atoms with Gasteiger partial charge in [0.2, 0.25) is 0 Å². The fraction of sp³-hybridized carbons (Fsp3) is 0.597. The number of nitrogens with one attached hydrogen (secondary N) is 2. The van der Waals surface area contributed by atoms with Gasteiger partial charge in [-0.3, -0.25) is 10.1 Å². The standard InChI is InChI=1S/C62H76N4O7/c1-2-3-5-14-42(58(71)43-17-15-38(29-52(43)70)37-12-6-4-7-13-37)50(68)21-16-39-30-54-53(31-51(39)69)72-28-27-61(23-8-9-24-61)47-20-22-49(67)41-18-19-44-55-40(33-65-59(44)63)32-62(25-10-11-26-62)57(56(41)55)45-34-64-48-36-66(35-46(45)48)60(47)73-54/h15,17-19,30-31,34-38,40,42-43,47,49,52,57-60,64-65,67,69-71H,2-14,16,21,23-26,29,32-33,63H2,1H3. The molecule has 5 aliphatic carbocycles. The van der Waals surface area contributed by atoms with Gasteiger partial charge in [0.05, 0.1) is 35.2 Å². The smallest absolute Gasteiger partial charge is 0.191 e. The SMILES string of the molecule is CCCCCC(C(=O)CCc1cc2c(cc1O)OC#CC1(CCCC1)C1C#CC(O)c3ccc4c5c3C(c3c[nH]c6cn(cc36)C1O2)C1(CCCC1)CC5CNC4N)C(O)C1C=CC(C2CCCCC2)CC1O. The highest BCUT2D eigenvalue weighted by atomic mass is 16.5. The maximum Gasteiger partial charge on any atom is 0.191 e. The van der Waals surface area contributed by atoms with Gasteiger partial charge in [0, 0.05) is 60.8 Å². The number of fused-ring (bicyclic) bond motifs is 7. The van der Waals surface area contributed by atoms with Crippen molar-refractivity contribution in [2.75, 3.05) is 6.54 Å². The van der Waals surface area contributed by atoms with Crippen molar-refractivity contribution in [2.45, 2.75) is 184 Å². The van der Waals surface area contributed by atoms with Crippen LogP contribution in [0, 0.1) is 64.3 Å². The third kappa shape index (κ3) is 8.73. The highest BCUT2D eigenvalue weighted by Gasteiger charge is 2.53. The second-order valence-corrected chi connectivity index (χ2v) is 23.8. The first-order chi connectivity index (χ1) is 35.5. The first-order valence-corrected chi connectivity index (χ1v) is 28.4. The normalized spacial score (nSPS) is 30.4. The number of aliphatic hydroxyl groups excluding tert-OH is 3. The molecule has 11 heteroatoms. The number of aromatic nitrogens is 2. The number of ketones is 1. The van der Waals surface area contributed by atoms with E-state index in [1.54, 1.807) is 12.1 Å². The Morgan fingerprint density at radius 2 is 1.73 bits per heavy atom. The van der Waals surface area contributed by atoms with Crippen LogP contribution >= 0.6 is 0 Å². The highest BCUT2D eigenvalue weighted by Crippen LogP contribution is 2.64. The molecule has 11 unspecified atom stereocenters. The molecular formula is C62H76N4O7. The molecule has 0 saturated heterocycles. The van der Waals surface area contributed by atoms with Gasteiger partial charge < -0.3 is 45.2 Å². The van der Waals surface area contributed by atoms with E-state index in [9.17, 15) is 25.2 Å². The van der Waals surface area contributed by atoms with Gasteiger partial charge in [0.1, 0.15) is 23.7 Å². The zero-order chi connectivity index (χ0) is 50.0. The Kier molecular flexibility index (Phi) is 13.3. The predicted molar refractivity (Wildman–Crippen MR) is 281 cm³/mol. The van der Waals surface area contributed by atoms with Crippen molar-refractivity contribution in [3.05, 3.63) is 88.4 Å². The average Bonchev–Trinajstić information content (AvgIpc) is 4.23. The van der Waals surface area contributed by atoms with Crippen LogP contribution in [0.3, 0.4) is 0 Å². The summed E-state index contributed by atoms with van der Waals surface area (Å²) in [4.78, 5) is 18.1. The minimum atomic E-state index is -1.07. The lowest BCUT2D eigenvalue weighted by Crippen LogP contribution is -2.45. The zero-order valence-corrected chi connectivity index (χ0v) is 42.7. The lowest BCUT2D eigenvalue weighted by atomic mass is 9.55. The van der Waals surface area contributed by atoms with E-state index in [0.717, 1.165) is 92.8 Å². The summed E-state index contributed by atoms with van der Waals surface area (Å²) in [6.45, 7) is 2.94. The molecule has 0 radical (unpaired) electrons. The second kappa shape index (κ2) is 19.9. The maximum absolute atomic E-state index is 14.4. The van der Waals surface area contributed by atoms with Gasteiger partial charge in [-0.15, -0.1) is 0 Å². The number of hydrogen-bond donors (Lipinski definition) is 7. The van der Waals surface area contributed by atoms with Crippen LogP contribution in [0.1, 0.15) is 199 Å². The van der Waals surface area contributed by atoms with Crippen LogP contribution in [0.25, 0.3) is 10.9 Å². The molecule has 3 aliphatic heterocycles. The number of phenols is 1. The first kappa shape index (κ1) is 48.9. The van der Waals surface area contributed by atoms with E-state index in [1.165, 1.54) is 61.6 Å². The molecular weight excluding hydrogens is 913 g/mol. The average molecular weight is 989 g/mol. The number of H-pyrrole nitrogens is 1. The molecule has 4 aromatic rings. The van der Waals surface area contributed by atoms with Gasteiger partial charge >= 0.3 is 0 Å². The summed E-state index contributed by atoms with van der Waals surface area (Å²) >= 11 is 0. The molecule has 2 aromatic carbocycles. The number of phenolic OH excluding ortho intramolecular Hbond substituents is 1. The van der Waals surface area contributed by atoms with Crippen molar-refractivity contribution >= 4 is 16.7 Å². The molecule has 386 valence electrons. The van der Waals surface area contributed by atoms with Crippen molar-refractivity contribution < 1.29 is 34.7 Å². The minimum Gasteiger partial charge on any atom is -0.508 e. The highest BCUT2D eigenvalue weighted by molar-refractivity contribution is 5.85. The van der Waals surface area contributed by atoms with E-state index >= 15 is 0 Å². The molecule has 2 aromatic heterocycles. The Morgan fingerprint density at radius 1 is 0.932 bits per heavy atom. The molecule has 2 bridgehead atoms. The monoisotopic (exact) mass is 989 g/mol. The van der Waals surface area contributed by atoms with Crippen molar-refractivity contribution in [2.24, 2.45) is 46.2 Å². The summed E-state index contributed by atoms with van der Waals surface area (Å²) in [6, 6.07) is 7.53. The number of benzene rings is 2. The maximum atomic E-state index is 14.4. The van der Waals surface area contributed by atoms with E-state index in [2.05, 4.69) is 82.5 Å². The zero-order valence-electron chi connectivity index (χ0n) is 42.7. The van der Waals surface area contributed by atoms with E-state index in [0.29, 0.717) is 41.9 Å². The summed E-state index contributed by atoms with van der Waals surface area (Å²) < 4.78 is 15.7. The van der Waals surface area contributed by atoms with E-state index in [1.807, 2.05) is 6.08 Å². The number of Topliss-reactive ketones (excluding diaryl/α,β-unsaturated/α-hetero) is 1. The van der Waals surface area contributed by atoms with E-state index in [4.69, 9.17) is 15.2 Å². The fourth-order valence-electron chi connectivity index (χ4n) is 15.9. The van der Waals surface area contributed by atoms with Crippen LogP contribution in [0.15, 0.2) is 55.0 Å². The molecule has 12 rings (SSSR count). The number of hydrogen-bond acceptors (Lipinski definition) is 9. The van der Waals surface area contributed by atoms with Crippen LogP contribution in [0.2, 0.25) is 0 Å². The van der Waals surface area contributed by atoms with Gasteiger partial charge in [-0.25, -0.2) is 0 Å². The van der Waals surface area contributed by atoms with E-state index in [-0.39, 0.29) is 47.6 Å². The third-order valence-corrected chi connectivity index (χ3v) is 19.7. The summed E-state index contributed by atoms with van der Waals surface area (Å²) in [5, 5.41) is 52.5. The molecule has 5 heterocycles. The number of aryl methyl sites for hydroxylation is 1. The molecule has 8 N–H and O–H groups in total. The lowest BCUT2D eigenvalue weighted by molar-refractivity contribution is -0.129. The lowest BCUT2D eigenvalue weighted by Gasteiger charge is -2.50. The van der Waals surface area contributed by atoms with Crippen LogP contribution in [-0.2, 0) is 11.2 Å². The summed E-state index contributed by atoms with van der Waals surface area (Å²) in [5.74, 6) is 10.8. The number of nitrogens with zero attached hydrogens (tertiary/aromatic N) is 1. The molecule has 2 spiro atoms. The molecule has 8 aliphatic rings.